The molecule has 0 aromatic rings. The van der Waals surface area contributed by atoms with Gasteiger partial charge in [-0.1, -0.05) is 0 Å². The van der Waals surface area contributed by atoms with Crippen LogP contribution in [0.3, 0.4) is 0 Å². The molecule has 0 spiro atoms. The van der Waals surface area contributed by atoms with Gasteiger partial charge in [-0.05, 0) is 32.4 Å². The molecule has 1 unspecified atom stereocenters. The molecule has 1 heterocycles. The summed E-state index contributed by atoms with van der Waals surface area (Å²) in [6.07, 6.45) is 1.56. The van der Waals surface area contributed by atoms with E-state index in [0.717, 1.165) is 18.4 Å². The van der Waals surface area contributed by atoms with Crippen molar-refractivity contribution in [2.45, 2.75) is 50.5 Å². The normalized spacial score (nSPS) is 18.1. The highest BCUT2D eigenvalue weighted by molar-refractivity contribution is 8.01. The molecule has 0 aliphatic carbocycles. The highest BCUT2D eigenvalue weighted by atomic mass is 32.2. The number of hydrogen-bond donors (Lipinski definition) is 2. The van der Waals surface area contributed by atoms with E-state index in [1.54, 1.807) is 13.8 Å². The van der Waals surface area contributed by atoms with E-state index in [1.807, 2.05) is 0 Å². The van der Waals surface area contributed by atoms with Gasteiger partial charge >= 0.3 is 12.2 Å². The van der Waals surface area contributed by atoms with Crippen LogP contribution in [-0.4, -0.2) is 51.8 Å². The van der Waals surface area contributed by atoms with Crippen LogP contribution >= 0.6 is 11.8 Å². The largest absolute Gasteiger partial charge is 0.461 e. The first-order valence-corrected chi connectivity index (χ1v) is 7.84. The first-order valence-electron chi connectivity index (χ1n) is 6.79. The van der Waals surface area contributed by atoms with Gasteiger partial charge in [-0.25, -0.2) is 4.79 Å². The molecule has 0 aromatic heterocycles. The second-order valence-corrected chi connectivity index (χ2v) is 6.27. The van der Waals surface area contributed by atoms with Crippen LogP contribution in [0.15, 0.2) is 0 Å². The average Bonchev–Trinajstić information content (AvgIpc) is 2.31. The third-order valence-electron chi connectivity index (χ3n) is 2.83. The Morgan fingerprint density at radius 1 is 1.48 bits per heavy atom. The second-order valence-electron chi connectivity index (χ2n) is 4.96. The number of thioether (sulfide) groups is 1. The van der Waals surface area contributed by atoms with Crippen LogP contribution in [-0.2, 0) is 19.1 Å². The number of hydrogen-bond acceptors (Lipinski definition) is 6. The zero-order valence-electron chi connectivity index (χ0n) is 12.1. The summed E-state index contributed by atoms with van der Waals surface area (Å²) in [6.45, 7) is 3.44. The minimum atomic E-state index is -0.843. The number of carbonyl (C=O) groups excluding carboxylic acids is 3. The Kier molecular flexibility index (Phi) is 7.11. The molecule has 1 aliphatic heterocycles. The van der Waals surface area contributed by atoms with E-state index < -0.39 is 12.0 Å². The van der Waals surface area contributed by atoms with Crippen LogP contribution in [0.1, 0.15) is 33.1 Å². The molecule has 0 radical (unpaired) electrons. The molecule has 2 N–H and O–H groups in total. The lowest BCUT2D eigenvalue weighted by Gasteiger charge is -2.26. The topological polar surface area (TPSA) is 110 Å². The minimum Gasteiger partial charge on any atom is -0.461 e. The number of ether oxygens (including phenoxy) is 1. The van der Waals surface area contributed by atoms with E-state index >= 15 is 0 Å². The molecule has 21 heavy (non-hydrogen) atoms. The Bertz CT molecular complexity index is 456. The first kappa shape index (κ1) is 17.4. The third-order valence-corrected chi connectivity index (χ3v) is 4.16. The average molecular weight is 314 g/mol. The van der Waals surface area contributed by atoms with Gasteiger partial charge in [0.25, 0.3) is 0 Å². The van der Waals surface area contributed by atoms with Crippen molar-refractivity contribution in [3.8, 4) is 0 Å². The lowest BCUT2D eigenvalue weighted by Crippen LogP contribution is -2.47. The van der Waals surface area contributed by atoms with Crippen molar-refractivity contribution >= 4 is 35.6 Å². The predicted molar refractivity (Wildman–Crippen MR) is 77.3 cm³/mol. The van der Waals surface area contributed by atoms with Crippen LogP contribution in [0.4, 0.5) is 0 Å². The molecule has 0 saturated carbocycles. The van der Waals surface area contributed by atoms with E-state index in [0.29, 0.717) is 0 Å². The highest BCUT2D eigenvalue weighted by Gasteiger charge is 2.31. The Morgan fingerprint density at radius 3 is 2.62 bits per heavy atom. The summed E-state index contributed by atoms with van der Waals surface area (Å²) in [6, 6.07) is -0.843. The first-order chi connectivity index (χ1) is 9.93. The Morgan fingerprint density at radius 2 is 2.14 bits per heavy atom. The predicted octanol–water partition coefficient (Wildman–Crippen LogP) is 0.588. The third kappa shape index (κ3) is 6.10. The Balaban J connectivity index is 2.59. The number of Topliss-reactive ketones (excluding diaryl/α,β-unsaturated/α-hetero) is 1. The van der Waals surface area contributed by atoms with E-state index in [4.69, 9.17) is 10.3 Å². The summed E-state index contributed by atoms with van der Waals surface area (Å²) in [7, 11) is 0. The van der Waals surface area contributed by atoms with Gasteiger partial charge in [-0.2, -0.15) is 0 Å². The molecule has 0 bridgehead atoms. The Labute approximate surface area is 127 Å². The monoisotopic (exact) mass is 314 g/mol. The maximum Gasteiger partial charge on any atom is 0.372 e. The van der Waals surface area contributed by atoms with Crippen molar-refractivity contribution in [2.24, 2.45) is 0 Å². The smallest absolute Gasteiger partial charge is 0.372 e. The summed E-state index contributed by atoms with van der Waals surface area (Å²) < 4.78 is 5.09. The fourth-order valence-corrected chi connectivity index (χ4v) is 2.38. The second kappa shape index (κ2) is 8.59. The van der Waals surface area contributed by atoms with Crippen molar-refractivity contribution < 1.29 is 23.9 Å². The van der Waals surface area contributed by atoms with Crippen molar-refractivity contribution in [1.29, 1.82) is 5.53 Å². The summed E-state index contributed by atoms with van der Waals surface area (Å²) >= 11 is 1.54. The van der Waals surface area contributed by atoms with Gasteiger partial charge in [0, 0.05) is 6.42 Å². The molecular formula is C13H20N3O4S+. The molecule has 8 heteroatoms. The van der Waals surface area contributed by atoms with Crippen molar-refractivity contribution in [2.75, 3.05) is 5.75 Å². The maximum atomic E-state index is 12.0. The summed E-state index contributed by atoms with van der Waals surface area (Å²) in [5, 5.41) is 2.52. The molecule has 1 saturated heterocycles. The molecule has 7 nitrogen and oxygen atoms in total. The van der Waals surface area contributed by atoms with Gasteiger partial charge in [0.2, 0.25) is 11.7 Å². The highest BCUT2D eigenvalue weighted by Crippen LogP contribution is 2.27. The number of rotatable bonds is 8. The Hall–Kier alpha value is -1.66. The summed E-state index contributed by atoms with van der Waals surface area (Å²) in [5.74, 6) is -0.158. The molecule has 1 aliphatic rings. The van der Waals surface area contributed by atoms with Crippen molar-refractivity contribution in [1.82, 2.24) is 5.32 Å². The number of ketones is 1. The van der Waals surface area contributed by atoms with Crippen LogP contribution < -0.4 is 5.32 Å². The fraction of sp³-hybridized carbons (Fsp3) is 0.692. The standard InChI is InChI=1S/C13H19N3O4S/c1-8(2)20-13(19)10(4-3-9(17)7-15-14)16-12(18)11-5-6-21-11/h7-8,10-11,14H,3-6H2,1-2H3/p+1/t10-,11?/m0/s1. The summed E-state index contributed by atoms with van der Waals surface area (Å²) in [4.78, 5) is 38.1. The number of nitrogens with one attached hydrogen (secondary N) is 2. The van der Waals surface area contributed by atoms with Gasteiger partial charge in [0.15, 0.2) is 0 Å². The quantitative estimate of drug-likeness (QED) is 0.295. The molecule has 1 rings (SSSR count). The molecule has 1 fully saturated rings. The summed E-state index contributed by atoms with van der Waals surface area (Å²) in [5.41, 5.74) is 6.58. The number of carbonyl (C=O) groups is 3. The minimum absolute atomic E-state index is 0.0261. The maximum absolute atomic E-state index is 12.0. The molecule has 1 amide bonds. The van der Waals surface area contributed by atoms with Gasteiger partial charge in [0.1, 0.15) is 6.04 Å². The van der Waals surface area contributed by atoms with Gasteiger partial charge < -0.3 is 10.1 Å². The van der Waals surface area contributed by atoms with Gasteiger partial charge in [-0.15, -0.1) is 11.8 Å². The van der Waals surface area contributed by atoms with Crippen molar-refractivity contribution in [3.63, 3.8) is 0 Å². The van der Waals surface area contributed by atoms with E-state index in [9.17, 15) is 14.4 Å². The van der Waals surface area contributed by atoms with Gasteiger partial charge in [-0.3, -0.25) is 9.59 Å². The number of amides is 1. The van der Waals surface area contributed by atoms with Crippen molar-refractivity contribution in [3.05, 3.63) is 0 Å². The van der Waals surface area contributed by atoms with E-state index in [-0.39, 0.29) is 35.9 Å². The van der Waals surface area contributed by atoms with Crippen LogP contribution in [0.2, 0.25) is 0 Å². The van der Waals surface area contributed by atoms with Gasteiger partial charge in [0.05, 0.1) is 21.7 Å². The fourth-order valence-electron chi connectivity index (χ4n) is 1.69. The SMILES string of the molecule is CC(C)OC(=O)[C@H](CCC(=O)C=[N+]=N)NC(=O)C1CCS1. The molecule has 0 aromatic carbocycles. The lowest BCUT2D eigenvalue weighted by molar-refractivity contribution is -0.151. The number of esters is 1. The zero-order valence-corrected chi connectivity index (χ0v) is 12.9. The molecule has 116 valence electrons. The van der Waals surface area contributed by atoms with Crippen LogP contribution in [0.25, 0.3) is 0 Å². The van der Waals surface area contributed by atoms with E-state index in [2.05, 4.69) is 10.1 Å². The lowest BCUT2D eigenvalue weighted by atomic mass is 10.1. The van der Waals surface area contributed by atoms with E-state index in [1.165, 1.54) is 11.8 Å². The number of nitrogens with zero attached hydrogens (tertiary/aromatic N) is 1. The van der Waals surface area contributed by atoms with Crippen LogP contribution in [0.5, 0.6) is 0 Å². The molecule has 2 atom stereocenters. The molecular weight excluding hydrogens is 294 g/mol. The van der Waals surface area contributed by atoms with Crippen LogP contribution in [0, 0.1) is 5.53 Å². The zero-order chi connectivity index (χ0) is 15.8.